The number of aromatic nitrogens is 3. The van der Waals surface area contributed by atoms with Gasteiger partial charge in [-0.1, -0.05) is 0 Å². The summed E-state index contributed by atoms with van der Waals surface area (Å²) in [6.07, 6.45) is 1.33. The summed E-state index contributed by atoms with van der Waals surface area (Å²) in [5.41, 5.74) is 1.96. The molecule has 7 nitrogen and oxygen atoms in total. The second-order valence-electron chi connectivity index (χ2n) is 5.99. The highest BCUT2D eigenvalue weighted by molar-refractivity contribution is 7.15. The molecule has 26 heavy (non-hydrogen) atoms. The van der Waals surface area contributed by atoms with Crippen LogP contribution in [-0.2, 0) is 6.54 Å². The first-order chi connectivity index (χ1) is 12.7. The molecule has 0 atom stereocenters. The largest absolute Gasteiger partial charge is 0.493 e. The highest BCUT2D eigenvalue weighted by Gasteiger charge is 2.25. The number of hydrogen-bond donors (Lipinski definition) is 1. The molecular weight excluding hydrogens is 352 g/mol. The first-order valence-corrected chi connectivity index (χ1v) is 9.02. The van der Waals surface area contributed by atoms with Crippen molar-refractivity contribution in [2.75, 3.05) is 20.3 Å². The first kappa shape index (κ1) is 16.6. The molecule has 0 aliphatic carbocycles. The van der Waals surface area contributed by atoms with Gasteiger partial charge in [0, 0.05) is 15.3 Å². The molecule has 1 aromatic carbocycles. The number of methoxy groups -OCH3 is 1. The molecule has 3 aromatic rings. The lowest BCUT2D eigenvalue weighted by Crippen LogP contribution is -2.33. The molecule has 1 aliphatic rings. The van der Waals surface area contributed by atoms with Crippen molar-refractivity contribution in [1.82, 2.24) is 20.1 Å². The molecular formula is C18H18N4O3S. The minimum absolute atomic E-state index is 0.199. The van der Waals surface area contributed by atoms with Crippen molar-refractivity contribution >= 4 is 17.2 Å². The second-order valence-corrected chi connectivity index (χ2v) is 7.27. The van der Waals surface area contributed by atoms with Gasteiger partial charge in [-0.15, -0.1) is 11.3 Å². The summed E-state index contributed by atoms with van der Waals surface area (Å²) in [7, 11) is 1.63. The summed E-state index contributed by atoms with van der Waals surface area (Å²) in [6.45, 7) is 3.35. The van der Waals surface area contributed by atoms with Gasteiger partial charge in [0.25, 0.3) is 5.91 Å². The smallest absolute Gasteiger partial charge is 0.291 e. The Morgan fingerprint density at radius 2 is 2.27 bits per heavy atom. The molecule has 8 heteroatoms. The summed E-state index contributed by atoms with van der Waals surface area (Å²) in [6, 6.07) is 8.23. The Hall–Kier alpha value is -2.87. The summed E-state index contributed by atoms with van der Waals surface area (Å²) >= 11 is 1.72. The SMILES string of the molecule is COc1cc(-c2ccc(C)s2)cc2c1OCCN(C(=O)c1ncn[nH]1)C2. The summed E-state index contributed by atoms with van der Waals surface area (Å²) in [5.74, 6) is 1.40. The molecule has 134 valence electrons. The van der Waals surface area contributed by atoms with Gasteiger partial charge in [0.05, 0.1) is 20.2 Å². The van der Waals surface area contributed by atoms with Crippen LogP contribution in [0.2, 0.25) is 0 Å². The number of hydrogen-bond acceptors (Lipinski definition) is 6. The van der Waals surface area contributed by atoms with E-state index in [0.29, 0.717) is 31.2 Å². The number of nitrogens with zero attached hydrogens (tertiary/aromatic N) is 3. The van der Waals surface area contributed by atoms with E-state index in [1.54, 1.807) is 23.3 Å². The van der Waals surface area contributed by atoms with Crippen LogP contribution < -0.4 is 9.47 Å². The number of fused-ring (bicyclic) bond motifs is 1. The van der Waals surface area contributed by atoms with Gasteiger partial charge in [0.15, 0.2) is 11.5 Å². The molecule has 0 saturated carbocycles. The fourth-order valence-electron chi connectivity index (χ4n) is 3.00. The number of H-pyrrole nitrogens is 1. The van der Waals surface area contributed by atoms with Crippen LogP contribution in [0.5, 0.6) is 11.5 Å². The number of carbonyl (C=O) groups is 1. The van der Waals surface area contributed by atoms with E-state index < -0.39 is 0 Å². The Bertz CT molecular complexity index is 936. The highest BCUT2D eigenvalue weighted by Crippen LogP contribution is 2.40. The minimum atomic E-state index is -0.199. The van der Waals surface area contributed by atoms with Gasteiger partial charge in [0.2, 0.25) is 5.82 Å². The summed E-state index contributed by atoms with van der Waals surface area (Å²) in [4.78, 5) is 20.7. The number of benzene rings is 1. The Kier molecular flexibility index (Phi) is 4.34. The number of rotatable bonds is 3. The van der Waals surface area contributed by atoms with Gasteiger partial charge < -0.3 is 14.4 Å². The number of carbonyl (C=O) groups excluding carboxylic acids is 1. The Labute approximate surface area is 154 Å². The lowest BCUT2D eigenvalue weighted by molar-refractivity contribution is 0.0721. The highest BCUT2D eigenvalue weighted by atomic mass is 32.1. The van der Waals surface area contributed by atoms with E-state index in [-0.39, 0.29) is 11.7 Å². The molecule has 0 radical (unpaired) electrons. The van der Waals surface area contributed by atoms with Gasteiger partial charge in [0.1, 0.15) is 12.9 Å². The van der Waals surface area contributed by atoms with Crippen molar-refractivity contribution in [3.05, 3.63) is 46.9 Å². The zero-order chi connectivity index (χ0) is 18.1. The molecule has 3 heterocycles. The van der Waals surface area contributed by atoms with Crippen LogP contribution in [0, 0.1) is 6.92 Å². The molecule has 1 N–H and O–H groups in total. The average Bonchev–Trinajstić information content (AvgIpc) is 3.28. The summed E-state index contributed by atoms with van der Waals surface area (Å²) in [5, 5.41) is 6.38. The predicted molar refractivity (Wildman–Crippen MR) is 97.7 cm³/mol. The normalized spacial score (nSPS) is 13.7. The molecule has 0 saturated heterocycles. The zero-order valence-electron chi connectivity index (χ0n) is 14.5. The first-order valence-electron chi connectivity index (χ1n) is 8.21. The molecule has 4 rings (SSSR count). The lowest BCUT2D eigenvalue weighted by atomic mass is 10.1. The van der Waals surface area contributed by atoms with E-state index in [1.165, 1.54) is 11.2 Å². The van der Waals surface area contributed by atoms with E-state index >= 15 is 0 Å². The van der Waals surface area contributed by atoms with Gasteiger partial charge in [-0.2, -0.15) is 5.10 Å². The fraction of sp³-hybridized carbons (Fsp3) is 0.278. The number of aromatic amines is 1. The van der Waals surface area contributed by atoms with Crippen LogP contribution in [0.4, 0.5) is 0 Å². The molecule has 0 spiro atoms. The average molecular weight is 370 g/mol. The van der Waals surface area contributed by atoms with E-state index in [0.717, 1.165) is 16.0 Å². The maximum atomic E-state index is 12.6. The number of aryl methyl sites for hydroxylation is 1. The fourth-order valence-corrected chi connectivity index (χ4v) is 3.85. The van der Waals surface area contributed by atoms with Crippen LogP contribution in [0.25, 0.3) is 10.4 Å². The van der Waals surface area contributed by atoms with Crippen LogP contribution >= 0.6 is 11.3 Å². The zero-order valence-corrected chi connectivity index (χ0v) is 15.3. The minimum Gasteiger partial charge on any atom is -0.493 e. The van der Waals surface area contributed by atoms with Crippen LogP contribution in [0.15, 0.2) is 30.6 Å². The third-order valence-corrected chi connectivity index (χ3v) is 5.30. The molecule has 0 bridgehead atoms. The number of nitrogens with one attached hydrogen (secondary N) is 1. The molecule has 0 unspecified atom stereocenters. The standard InChI is InChI=1S/C18H18N4O3S/c1-11-3-4-15(26-11)12-7-13-9-22(18(23)17-19-10-20-21-17)5-6-25-16(13)14(8-12)24-2/h3-4,7-8,10H,5-6,9H2,1-2H3,(H,19,20,21). The van der Waals surface area contributed by atoms with Crippen molar-refractivity contribution in [3.63, 3.8) is 0 Å². The van der Waals surface area contributed by atoms with Crippen LogP contribution in [0.1, 0.15) is 21.1 Å². The van der Waals surface area contributed by atoms with Gasteiger partial charge in [-0.05, 0) is 36.8 Å². The summed E-state index contributed by atoms with van der Waals surface area (Å²) < 4.78 is 11.5. The van der Waals surface area contributed by atoms with E-state index in [9.17, 15) is 4.79 Å². The third kappa shape index (κ3) is 3.03. The van der Waals surface area contributed by atoms with Crippen LogP contribution in [-0.4, -0.2) is 46.2 Å². The number of thiophene rings is 1. The van der Waals surface area contributed by atoms with Crippen molar-refractivity contribution in [1.29, 1.82) is 0 Å². The number of ether oxygens (including phenoxy) is 2. The third-order valence-electron chi connectivity index (χ3n) is 4.25. The Morgan fingerprint density at radius 1 is 1.38 bits per heavy atom. The van der Waals surface area contributed by atoms with Crippen LogP contribution in [0.3, 0.4) is 0 Å². The van der Waals surface area contributed by atoms with E-state index in [2.05, 4.69) is 40.3 Å². The monoisotopic (exact) mass is 370 g/mol. The molecule has 2 aromatic heterocycles. The van der Waals surface area contributed by atoms with E-state index in [4.69, 9.17) is 9.47 Å². The second kappa shape index (κ2) is 6.80. The van der Waals surface area contributed by atoms with Gasteiger partial charge in [-0.25, -0.2) is 4.98 Å². The molecule has 1 amide bonds. The van der Waals surface area contributed by atoms with Gasteiger partial charge >= 0.3 is 0 Å². The maximum absolute atomic E-state index is 12.6. The topological polar surface area (TPSA) is 80.3 Å². The molecule has 1 aliphatic heterocycles. The number of amides is 1. The van der Waals surface area contributed by atoms with Crippen molar-refractivity contribution in [2.45, 2.75) is 13.5 Å². The van der Waals surface area contributed by atoms with Crippen molar-refractivity contribution in [2.24, 2.45) is 0 Å². The van der Waals surface area contributed by atoms with Crippen molar-refractivity contribution in [3.8, 4) is 21.9 Å². The van der Waals surface area contributed by atoms with E-state index in [1.807, 2.05) is 6.07 Å². The Morgan fingerprint density at radius 3 is 2.96 bits per heavy atom. The Balaban J connectivity index is 1.72. The predicted octanol–water partition coefficient (Wildman–Crippen LogP) is 2.89. The lowest BCUT2D eigenvalue weighted by Gasteiger charge is -2.18. The quantitative estimate of drug-likeness (QED) is 0.767. The maximum Gasteiger partial charge on any atom is 0.291 e. The molecule has 0 fully saturated rings. The van der Waals surface area contributed by atoms with Crippen molar-refractivity contribution < 1.29 is 14.3 Å². The van der Waals surface area contributed by atoms with Gasteiger partial charge in [-0.3, -0.25) is 9.89 Å².